The van der Waals surface area contributed by atoms with Gasteiger partial charge in [-0.2, -0.15) is 0 Å². The molecule has 0 aliphatic carbocycles. The van der Waals surface area contributed by atoms with Crippen LogP contribution in [0, 0.1) is 5.82 Å². The lowest BCUT2D eigenvalue weighted by Crippen LogP contribution is -2.25. The van der Waals surface area contributed by atoms with Gasteiger partial charge in [0.05, 0.1) is 11.8 Å². The van der Waals surface area contributed by atoms with Crippen LogP contribution >= 0.6 is 0 Å². The van der Waals surface area contributed by atoms with Gasteiger partial charge in [0, 0.05) is 13.6 Å². The van der Waals surface area contributed by atoms with E-state index in [2.05, 4.69) is 0 Å². The summed E-state index contributed by atoms with van der Waals surface area (Å²) in [4.78, 5) is 13.4. The molecule has 1 aromatic heterocycles. The first kappa shape index (κ1) is 11.4. The largest absolute Gasteiger partial charge is 0.472 e. The lowest BCUT2D eigenvalue weighted by atomic mass is 10.2. The Bertz CT molecular complexity index is 491. The van der Waals surface area contributed by atoms with Crippen molar-refractivity contribution in [2.24, 2.45) is 0 Å². The van der Waals surface area contributed by atoms with Crippen LogP contribution in [0.4, 0.5) is 4.39 Å². The highest BCUT2D eigenvalue weighted by Gasteiger charge is 2.12. The van der Waals surface area contributed by atoms with E-state index in [4.69, 9.17) is 4.42 Å². The van der Waals surface area contributed by atoms with Gasteiger partial charge in [-0.15, -0.1) is 0 Å². The van der Waals surface area contributed by atoms with Gasteiger partial charge in [-0.1, -0.05) is 12.1 Å². The Kier molecular flexibility index (Phi) is 3.23. The molecular formula is C13H12FNO2. The number of amides is 1. The summed E-state index contributed by atoms with van der Waals surface area (Å²) in [6.07, 6.45) is 2.86. The summed E-state index contributed by atoms with van der Waals surface area (Å²) in [5, 5.41) is 0. The quantitative estimate of drug-likeness (QED) is 0.816. The van der Waals surface area contributed by atoms with E-state index in [0.29, 0.717) is 12.1 Å². The molecule has 3 nitrogen and oxygen atoms in total. The van der Waals surface area contributed by atoms with Crippen molar-refractivity contribution in [3.63, 3.8) is 0 Å². The van der Waals surface area contributed by atoms with Gasteiger partial charge in [0.15, 0.2) is 0 Å². The lowest BCUT2D eigenvalue weighted by molar-refractivity contribution is 0.0784. The van der Waals surface area contributed by atoms with E-state index in [1.54, 1.807) is 30.1 Å². The first-order valence-corrected chi connectivity index (χ1v) is 5.19. The fraction of sp³-hybridized carbons (Fsp3) is 0.154. The van der Waals surface area contributed by atoms with Crippen molar-refractivity contribution in [1.29, 1.82) is 0 Å². The molecule has 1 aromatic carbocycles. The van der Waals surface area contributed by atoms with Gasteiger partial charge in [0.2, 0.25) is 0 Å². The summed E-state index contributed by atoms with van der Waals surface area (Å²) in [5.74, 6) is -0.402. The number of hydrogen-bond donors (Lipinski definition) is 0. The van der Waals surface area contributed by atoms with Crippen molar-refractivity contribution in [1.82, 2.24) is 4.90 Å². The van der Waals surface area contributed by atoms with E-state index in [1.807, 2.05) is 0 Å². The second-order valence-corrected chi connectivity index (χ2v) is 3.80. The van der Waals surface area contributed by atoms with Crippen LogP contribution in [0.5, 0.6) is 0 Å². The molecule has 0 aliphatic heterocycles. The van der Waals surface area contributed by atoms with Crippen molar-refractivity contribution in [3.05, 3.63) is 59.8 Å². The van der Waals surface area contributed by atoms with Crippen LogP contribution in [0.15, 0.2) is 47.3 Å². The van der Waals surface area contributed by atoms with Crippen molar-refractivity contribution in [2.75, 3.05) is 7.05 Å². The second kappa shape index (κ2) is 4.82. The van der Waals surface area contributed by atoms with E-state index in [0.717, 1.165) is 5.56 Å². The lowest BCUT2D eigenvalue weighted by Gasteiger charge is -2.16. The maximum atomic E-state index is 12.7. The zero-order valence-corrected chi connectivity index (χ0v) is 9.39. The third-order valence-electron chi connectivity index (χ3n) is 2.45. The standard InChI is InChI=1S/C13H12FNO2/c1-15(13(16)11-6-7-17-9-11)8-10-2-4-12(14)5-3-10/h2-7,9H,8H2,1H3. The topological polar surface area (TPSA) is 33.5 Å². The Morgan fingerprint density at radius 1 is 1.29 bits per heavy atom. The third kappa shape index (κ3) is 2.72. The molecule has 0 saturated heterocycles. The maximum absolute atomic E-state index is 12.7. The van der Waals surface area contributed by atoms with Gasteiger partial charge in [-0.05, 0) is 23.8 Å². The van der Waals surface area contributed by atoms with Crippen molar-refractivity contribution in [3.8, 4) is 0 Å². The third-order valence-corrected chi connectivity index (χ3v) is 2.45. The smallest absolute Gasteiger partial charge is 0.257 e. The molecule has 0 saturated carbocycles. The van der Waals surface area contributed by atoms with Crippen LogP contribution in [0.3, 0.4) is 0 Å². The van der Waals surface area contributed by atoms with Gasteiger partial charge in [-0.3, -0.25) is 4.79 Å². The Labute approximate surface area is 98.5 Å². The highest BCUT2D eigenvalue weighted by atomic mass is 19.1. The molecule has 88 valence electrons. The molecule has 0 N–H and O–H groups in total. The Hall–Kier alpha value is -2.10. The Morgan fingerprint density at radius 3 is 2.59 bits per heavy atom. The van der Waals surface area contributed by atoms with Gasteiger partial charge < -0.3 is 9.32 Å². The number of benzene rings is 1. The minimum absolute atomic E-state index is 0.122. The fourth-order valence-electron chi connectivity index (χ4n) is 1.54. The van der Waals surface area contributed by atoms with Gasteiger partial charge in [-0.25, -0.2) is 4.39 Å². The summed E-state index contributed by atoms with van der Waals surface area (Å²) in [6.45, 7) is 0.435. The van der Waals surface area contributed by atoms with E-state index in [1.165, 1.54) is 24.7 Å². The number of nitrogens with zero attached hydrogens (tertiary/aromatic N) is 1. The van der Waals surface area contributed by atoms with E-state index in [9.17, 15) is 9.18 Å². The average Bonchev–Trinajstić information content (AvgIpc) is 2.84. The molecule has 17 heavy (non-hydrogen) atoms. The Morgan fingerprint density at radius 2 is 2.00 bits per heavy atom. The van der Waals surface area contributed by atoms with Crippen LogP contribution in [0.1, 0.15) is 15.9 Å². The monoisotopic (exact) mass is 233 g/mol. The van der Waals surface area contributed by atoms with Gasteiger partial charge in [0.25, 0.3) is 5.91 Å². The highest BCUT2D eigenvalue weighted by molar-refractivity contribution is 5.93. The number of carbonyl (C=O) groups excluding carboxylic acids is 1. The molecule has 1 amide bonds. The second-order valence-electron chi connectivity index (χ2n) is 3.80. The predicted octanol–water partition coefficient (Wildman–Crippen LogP) is 2.69. The molecule has 0 unspecified atom stereocenters. The van der Waals surface area contributed by atoms with E-state index in [-0.39, 0.29) is 11.7 Å². The number of rotatable bonds is 3. The van der Waals surface area contributed by atoms with Crippen molar-refractivity contribution < 1.29 is 13.6 Å². The number of carbonyl (C=O) groups is 1. The molecule has 0 aliphatic rings. The zero-order valence-electron chi connectivity index (χ0n) is 9.39. The molecule has 0 bridgehead atoms. The number of halogens is 1. The summed E-state index contributed by atoms with van der Waals surface area (Å²) in [6, 6.07) is 7.70. The van der Waals surface area contributed by atoms with Crippen LogP contribution < -0.4 is 0 Å². The summed E-state index contributed by atoms with van der Waals surface area (Å²) < 4.78 is 17.6. The maximum Gasteiger partial charge on any atom is 0.257 e. The molecule has 1 heterocycles. The van der Waals surface area contributed by atoms with E-state index < -0.39 is 0 Å². The number of furan rings is 1. The summed E-state index contributed by atoms with van der Waals surface area (Å²) in [5.41, 5.74) is 1.39. The van der Waals surface area contributed by atoms with Crippen LogP contribution in [0.2, 0.25) is 0 Å². The molecule has 2 aromatic rings. The van der Waals surface area contributed by atoms with Crippen LogP contribution in [0.25, 0.3) is 0 Å². The first-order valence-electron chi connectivity index (χ1n) is 5.19. The van der Waals surface area contributed by atoms with Gasteiger partial charge in [0.1, 0.15) is 12.1 Å². The normalized spacial score (nSPS) is 10.2. The van der Waals surface area contributed by atoms with Crippen molar-refractivity contribution >= 4 is 5.91 Å². The molecule has 0 spiro atoms. The molecule has 4 heteroatoms. The SMILES string of the molecule is CN(Cc1ccc(F)cc1)C(=O)c1ccoc1. The number of hydrogen-bond acceptors (Lipinski definition) is 2. The summed E-state index contributed by atoms with van der Waals surface area (Å²) in [7, 11) is 1.69. The highest BCUT2D eigenvalue weighted by Crippen LogP contribution is 2.09. The van der Waals surface area contributed by atoms with Crippen LogP contribution in [-0.2, 0) is 6.54 Å². The fourth-order valence-corrected chi connectivity index (χ4v) is 1.54. The zero-order chi connectivity index (χ0) is 12.3. The molecule has 0 fully saturated rings. The average molecular weight is 233 g/mol. The summed E-state index contributed by atoms with van der Waals surface area (Å²) >= 11 is 0. The first-order chi connectivity index (χ1) is 8.16. The van der Waals surface area contributed by atoms with Crippen LogP contribution in [-0.4, -0.2) is 17.9 Å². The Balaban J connectivity index is 2.04. The minimum Gasteiger partial charge on any atom is -0.472 e. The van der Waals surface area contributed by atoms with E-state index >= 15 is 0 Å². The molecular weight excluding hydrogens is 221 g/mol. The molecule has 0 atom stereocenters. The van der Waals surface area contributed by atoms with Gasteiger partial charge >= 0.3 is 0 Å². The predicted molar refractivity (Wildman–Crippen MR) is 60.9 cm³/mol. The molecule has 0 radical (unpaired) electrons. The minimum atomic E-state index is -0.280. The van der Waals surface area contributed by atoms with Crippen molar-refractivity contribution in [2.45, 2.75) is 6.54 Å². The molecule has 2 rings (SSSR count).